The van der Waals surface area contributed by atoms with Crippen molar-refractivity contribution >= 4 is 25.0 Å². The maximum atomic E-state index is 10.3. The van der Waals surface area contributed by atoms with Gasteiger partial charge in [-0.2, -0.15) is 0 Å². The highest BCUT2D eigenvalue weighted by atomic mass is 31.1. The largest absolute Gasteiger partial charge is 0.295 e. The molecular formula is C18H16OP. The number of carbonyl (C=O) groups is 1. The Balaban J connectivity index is 0.000000178. The molecule has 0 N–H and O–H groups in total. The van der Waals surface area contributed by atoms with Crippen LogP contribution >= 0.6 is 8.58 Å². The van der Waals surface area contributed by atoms with Crippen molar-refractivity contribution in [2.75, 3.05) is 0 Å². The molecule has 1 aliphatic carbocycles. The van der Waals surface area contributed by atoms with Gasteiger partial charge in [0.15, 0.2) is 5.78 Å². The molecule has 2 aromatic rings. The van der Waals surface area contributed by atoms with Crippen LogP contribution in [0.2, 0.25) is 0 Å². The predicted molar refractivity (Wildman–Crippen MR) is 87.0 cm³/mol. The Bertz CT molecular complexity index is 548. The van der Waals surface area contributed by atoms with Crippen molar-refractivity contribution in [3.63, 3.8) is 0 Å². The summed E-state index contributed by atoms with van der Waals surface area (Å²) in [5.74, 6) is 0.197. The fourth-order valence-corrected chi connectivity index (χ4v) is 2.59. The molecule has 0 fully saturated rings. The Labute approximate surface area is 121 Å². The molecule has 0 aromatic heterocycles. The topological polar surface area (TPSA) is 17.1 Å². The minimum Gasteiger partial charge on any atom is -0.295 e. The molecule has 20 heavy (non-hydrogen) atoms. The van der Waals surface area contributed by atoms with Crippen molar-refractivity contribution in [1.29, 1.82) is 0 Å². The van der Waals surface area contributed by atoms with Gasteiger partial charge in [0.25, 0.3) is 0 Å². The van der Waals surface area contributed by atoms with E-state index >= 15 is 0 Å². The predicted octanol–water partition coefficient (Wildman–Crippen LogP) is 3.66. The van der Waals surface area contributed by atoms with Crippen LogP contribution in [0, 0.1) is 0 Å². The lowest BCUT2D eigenvalue weighted by Gasteiger charge is -1.98. The maximum absolute atomic E-state index is 10.3. The molecule has 0 spiro atoms. The van der Waals surface area contributed by atoms with E-state index in [0.29, 0.717) is 6.42 Å². The second-order valence-corrected chi connectivity index (χ2v) is 5.50. The smallest absolute Gasteiger partial charge is 0.159 e. The minimum absolute atomic E-state index is 0.197. The lowest BCUT2D eigenvalue weighted by molar-refractivity contribution is -0.113. The Morgan fingerprint density at radius 3 is 1.65 bits per heavy atom. The molecule has 99 valence electrons. The summed E-state index contributed by atoms with van der Waals surface area (Å²) < 4.78 is 0. The van der Waals surface area contributed by atoms with Crippen LogP contribution in [0.5, 0.6) is 0 Å². The number of carbonyl (C=O) groups excluding carboxylic acids is 1. The number of benzene rings is 2. The van der Waals surface area contributed by atoms with E-state index in [1.165, 1.54) is 19.2 Å². The third-order valence-electron chi connectivity index (χ3n) is 2.62. The minimum atomic E-state index is 0.197. The van der Waals surface area contributed by atoms with Crippen molar-refractivity contribution < 1.29 is 4.79 Å². The molecule has 2 aromatic carbocycles. The first-order valence-corrected chi connectivity index (χ1v) is 7.42. The number of hydrogen-bond acceptors (Lipinski definition) is 1. The Hall–Kier alpha value is -1.98. The molecule has 0 atom stereocenters. The second kappa shape index (κ2) is 8.24. The summed E-state index contributed by atoms with van der Waals surface area (Å²) in [4.78, 5) is 10.3. The third-order valence-corrected chi connectivity index (χ3v) is 3.73. The van der Waals surface area contributed by atoms with E-state index in [-0.39, 0.29) is 5.78 Å². The van der Waals surface area contributed by atoms with E-state index in [4.69, 9.17) is 0 Å². The van der Waals surface area contributed by atoms with Crippen LogP contribution in [0.1, 0.15) is 6.42 Å². The highest BCUT2D eigenvalue weighted by molar-refractivity contribution is 7.55. The molecule has 3 rings (SSSR count). The summed E-state index contributed by atoms with van der Waals surface area (Å²) in [5.41, 5.74) is 0. The molecular weight excluding hydrogens is 263 g/mol. The van der Waals surface area contributed by atoms with Gasteiger partial charge in [0.2, 0.25) is 0 Å². The lowest BCUT2D eigenvalue weighted by Crippen LogP contribution is -2.01. The molecule has 1 radical (unpaired) electrons. The molecule has 0 saturated carbocycles. The van der Waals surface area contributed by atoms with Crippen molar-refractivity contribution in [2.45, 2.75) is 6.42 Å². The molecule has 0 amide bonds. The summed E-state index contributed by atoms with van der Waals surface area (Å²) in [7, 11) is 1.28. The van der Waals surface area contributed by atoms with Crippen LogP contribution in [-0.2, 0) is 4.79 Å². The quantitative estimate of drug-likeness (QED) is 0.767. The van der Waals surface area contributed by atoms with E-state index in [9.17, 15) is 4.79 Å². The van der Waals surface area contributed by atoms with Crippen LogP contribution < -0.4 is 10.6 Å². The first-order valence-electron chi connectivity index (χ1n) is 6.52. The molecule has 0 saturated heterocycles. The third kappa shape index (κ3) is 5.34. The van der Waals surface area contributed by atoms with Gasteiger partial charge in [-0.25, -0.2) is 0 Å². The van der Waals surface area contributed by atoms with Gasteiger partial charge in [0.05, 0.1) is 0 Å². The zero-order valence-electron chi connectivity index (χ0n) is 11.1. The van der Waals surface area contributed by atoms with E-state index in [0.717, 1.165) is 0 Å². The Morgan fingerprint density at radius 2 is 1.30 bits per heavy atom. The molecule has 1 nitrogen and oxygen atoms in total. The van der Waals surface area contributed by atoms with Crippen molar-refractivity contribution in [2.24, 2.45) is 0 Å². The standard InChI is InChI=1S/C12H10P.C6H6O/c1-3-7-11(8-4-1)13-12-9-5-2-6-10-12;7-6-4-2-1-3-5-6/h1-10H;1-4H,5H2. The highest BCUT2D eigenvalue weighted by Gasteiger charge is 1.94. The van der Waals surface area contributed by atoms with Gasteiger partial charge in [0.1, 0.15) is 0 Å². The summed E-state index contributed by atoms with van der Waals surface area (Å²) in [6, 6.07) is 21.0. The van der Waals surface area contributed by atoms with Gasteiger partial charge < -0.3 is 0 Å². The van der Waals surface area contributed by atoms with Gasteiger partial charge in [0, 0.05) is 6.42 Å². The second-order valence-electron chi connectivity index (χ2n) is 4.24. The van der Waals surface area contributed by atoms with Crippen LogP contribution in [0.3, 0.4) is 0 Å². The number of allylic oxidation sites excluding steroid dienone is 4. The fraction of sp³-hybridized carbons (Fsp3) is 0.0556. The number of rotatable bonds is 2. The average molecular weight is 279 g/mol. The molecule has 0 unspecified atom stereocenters. The van der Waals surface area contributed by atoms with Crippen LogP contribution in [0.15, 0.2) is 85.0 Å². The van der Waals surface area contributed by atoms with Crippen molar-refractivity contribution in [3.8, 4) is 0 Å². The Kier molecular flexibility index (Phi) is 5.95. The van der Waals surface area contributed by atoms with Gasteiger partial charge in [-0.15, -0.1) is 0 Å². The highest BCUT2D eigenvalue weighted by Crippen LogP contribution is 2.08. The molecule has 1 aliphatic rings. The van der Waals surface area contributed by atoms with Gasteiger partial charge in [-0.05, 0) is 25.3 Å². The first-order chi connectivity index (χ1) is 9.84. The summed E-state index contributed by atoms with van der Waals surface area (Å²) in [6.07, 6.45) is 7.64. The number of ketones is 1. The summed E-state index contributed by atoms with van der Waals surface area (Å²) >= 11 is 0. The Morgan fingerprint density at radius 1 is 0.750 bits per heavy atom. The fourth-order valence-electron chi connectivity index (χ4n) is 1.65. The van der Waals surface area contributed by atoms with Gasteiger partial charge >= 0.3 is 0 Å². The zero-order chi connectivity index (χ0) is 14.0. The van der Waals surface area contributed by atoms with Crippen molar-refractivity contribution in [1.82, 2.24) is 0 Å². The van der Waals surface area contributed by atoms with E-state index in [2.05, 4.69) is 48.5 Å². The van der Waals surface area contributed by atoms with Crippen LogP contribution in [0.4, 0.5) is 0 Å². The molecule has 0 heterocycles. The van der Waals surface area contributed by atoms with E-state index in [1.54, 1.807) is 12.2 Å². The van der Waals surface area contributed by atoms with Crippen LogP contribution in [-0.4, -0.2) is 5.78 Å². The van der Waals surface area contributed by atoms with E-state index < -0.39 is 0 Å². The maximum Gasteiger partial charge on any atom is 0.159 e. The normalized spacial score (nSPS) is 12.7. The van der Waals surface area contributed by atoms with Gasteiger partial charge in [-0.3, -0.25) is 4.79 Å². The molecule has 0 aliphatic heterocycles. The lowest BCUT2D eigenvalue weighted by atomic mass is 10.2. The molecule has 0 bridgehead atoms. The summed E-state index contributed by atoms with van der Waals surface area (Å²) in [5, 5.41) is 2.68. The first kappa shape index (κ1) is 14.4. The monoisotopic (exact) mass is 279 g/mol. The average Bonchev–Trinajstić information content (AvgIpc) is 2.51. The molecule has 2 heteroatoms. The van der Waals surface area contributed by atoms with E-state index in [1.807, 2.05) is 24.3 Å². The van der Waals surface area contributed by atoms with Crippen LogP contribution in [0.25, 0.3) is 0 Å². The zero-order valence-corrected chi connectivity index (χ0v) is 12.0. The number of hydrogen-bond donors (Lipinski definition) is 0. The van der Waals surface area contributed by atoms with Gasteiger partial charge in [-0.1, -0.05) is 78.9 Å². The summed E-state index contributed by atoms with van der Waals surface area (Å²) in [6.45, 7) is 0. The SMILES string of the molecule is O=C1C=CC=CC1.c1ccc([P]c2ccccc2)cc1. The van der Waals surface area contributed by atoms with Crippen molar-refractivity contribution in [3.05, 3.63) is 85.0 Å².